The molecule has 0 radical (unpaired) electrons. The summed E-state index contributed by atoms with van der Waals surface area (Å²) in [6.07, 6.45) is 2.90. The number of carbonyl (C=O) groups excluding carboxylic acids is 1. The van der Waals surface area contributed by atoms with E-state index in [-0.39, 0.29) is 10.8 Å². The van der Waals surface area contributed by atoms with Gasteiger partial charge in [-0.15, -0.1) is 11.3 Å². The van der Waals surface area contributed by atoms with E-state index in [9.17, 15) is 13.2 Å². The Labute approximate surface area is 177 Å². The number of fused-ring (bicyclic) bond motifs is 1. The Hall–Kier alpha value is -3.17. The summed E-state index contributed by atoms with van der Waals surface area (Å²) in [4.78, 5) is 13.0. The number of rotatable bonds is 5. The van der Waals surface area contributed by atoms with Gasteiger partial charge in [0.05, 0.1) is 4.90 Å². The highest BCUT2D eigenvalue weighted by Crippen LogP contribution is 2.37. The van der Waals surface area contributed by atoms with Gasteiger partial charge in [0.2, 0.25) is 0 Å². The van der Waals surface area contributed by atoms with Gasteiger partial charge < -0.3 is 10.1 Å². The lowest BCUT2D eigenvalue weighted by Gasteiger charge is -2.11. The lowest BCUT2D eigenvalue weighted by atomic mass is 10.1. The average molecular weight is 442 g/mol. The van der Waals surface area contributed by atoms with E-state index in [2.05, 4.69) is 10.4 Å². The minimum Gasteiger partial charge on any atom is -0.457 e. The molecule has 2 aromatic carbocycles. The number of anilines is 1. The number of amides is 1. The van der Waals surface area contributed by atoms with Crippen molar-refractivity contribution in [3.63, 3.8) is 0 Å². The molecule has 9 heteroatoms. The Morgan fingerprint density at radius 2 is 1.90 bits per heavy atom. The lowest BCUT2D eigenvalue weighted by molar-refractivity contribution is 0.102. The van der Waals surface area contributed by atoms with E-state index in [1.807, 2.05) is 18.4 Å². The summed E-state index contributed by atoms with van der Waals surface area (Å²) in [5.74, 6) is 1.18. The number of aryl methyl sites for hydroxylation is 2. The molecule has 0 fully saturated rings. The van der Waals surface area contributed by atoms with Crippen LogP contribution in [-0.4, -0.2) is 30.4 Å². The monoisotopic (exact) mass is 441 g/mol. The third kappa shape index (κ3) is 4.07. The number of thiophene rings is 1. The van der Waals surface area contributed by atoms with E-state index in [1.165, 1.54) is 23.5 Å². The van der Waals surface area contributed by atoms with Crippen LogP contribution in [0.25, 0.3) is 10.1 Å². The first-order chi connectivity index (χ1) is 14.2. The van der Waals surface area contributed by atoms with Gasteiger partial charge in [-0.3, -0.25) is 9.48 Å². The standard InChI is InChI=1S/C21H19N3O4S2/c1-13-12-29-18-11-14(21(25)22-19-8-9-24(2)23-19)10-17(20(13)18)28-15-4-6-16(7-5-15)30(3,26)27/h4-12H,1-3H3,(H,22,23,25). The fraction of sp³-hybridized carbons (Fsp3) is 0.143. The van der Waals surface area contributed by atoms with Crippen LogP contribution in [0.3, 0.4) is 0 Å². The van der Waals surface area contributed by atoms with Gasteiger partial charge in [-0.05, 0) is 54.3 Å². The number of ether oxygens (including phenoxy) is 1. The fourth-order valence-corrected chi connectivity index (χ4v) is 4.67. The van der Waals surface area contributed by atoms with Crippen molar-refractivity contribution < 1.29 is 17.9 Å². The minimum absolute atomic E-state index is 0.218. The van der Waals surface area contributed by atoms with Gasteiger partial charge in [0, 0.05) is 41.2 Å². The van der Waals surface area contributed by atoms with Crippen LogP contribution in [0.1, 0.15) is 15.9 Å². The summed E-state index contributed by atoms with van der Waals surface area (Å²) >= 11 is 1.53. The number of carbonyl (C=O) groups is 1. The van der Waals surface area contributed by atoms with Crippen molar-refractivity contribution in [2.45, 2.75) is 11.8 Å². The molecule has 0 aliphatic heterocycles. The Morgan fingerprint density at radius 3 is 2.53 bits per heavy atom. The largest absolute Gasteiger partial charge is 0.457 e. The molecule has 4 rings (SSSR count). The predicted octanol–water partition coefficient (Wildman–Crippen LogP) is 4.39. The third-order valence-electron chi connectivity index (χ3n) is 4.52. The zero-order valence-electron chi connectivity index (χ0n) is 16.5. The average Bonchev–Trinajstić information content (AvgIpc) is 3.27. The van der Waals surface area contributed by atoms with Crippen LogP contribution in [0.15, 0.2) is 58.9 Å². The molecule has 0 aliphatic rings. The van der Waals surface area contributed by atoms with Crippen molar-refractivity contribution in [3.8, 4) is 11.5 Å². The topological polar surface area (TPSA) is 90.3 Å². The summed E-state index contributed by atoms with van der Waals surface area (Å²) in [7, 11) is -1.51. The lowest BCUT2D eigenvalue weighted by Crippen LogP contribution is -2.12. The number of hydrogen-bond acceptors (Lipinski definition) is 6. The first-order valence-electron chi connectivity index (χ1n) is 9.01. The maximum Gasteiger partial charge on any atom is 0.257 e. The van der Waals surface area contributed by atoms with Crippen LogP contribution in [-0.2, 0) is 16.9 Å². The van der Waals surface area contributed by atoms with Crippen LogP contribution in [0, 0.1) is 6.92 Å². The first kappa shape index (κ1) is 20.1. The molecule has 0 bridgehead atoms. The number of sulfone groups is 1. The summed E-state index contributed by atoms with van der Waals surface area (Å²) in [5.41, 5.74) is 1.48. The Bertz CT molecular complexity index is 1350. The maximum absolute atomic E-state index is 12.8. The molecule has 0 unspecified atom stereocenters. The smallest absolute Gasteiger partial charge is 0.257 e. The van der Waals surface area contributed by atoms with E-state index in [0.717, 1.165) is 21.9 Å². The molecule has 30 heavy (non-hydrogen) atoms. The van der Waals surface area contributed by atoms with Crippen molar-refractivity contribution in [1.29, 1.82) is 0 Å². The SMILES string of the molecule is Cc1csc2cc(C(=O)Nc3ccn(C)n3)cc(Oc3ccc(S(C)(=O)=O)cc3)c12. The molecule has 7 nitrogen and oxygen atoms in total. The Kier molecular flexibility index (Phi) is 5.08. The molecule has 0 atom stereocenters. The quantitative estimate of drug-likeness (QED) is 0.496. The highest BCUT2D eigenvalue weighted by molar-refractivity contribution is 7.90. The first-order valence-corrected chi connectivity index (χ1v) is 11.8. The zero-order chi connectivity index (χ0) is 21.5. The molecule has 0 saturated carbocycles. The summed E-state index contributed by atoms with van der Waals surface area (Å²) in [6, 6.07) is 11.4. The van der Waals surface area contributed by atoms with Crippen molar-refractivity contribution in [2.24, 2.45) is 7.05 Å². The number of aromatic nitrogens is 2. The summed E-state index contributed by atoms with van der Waals surface area (Å²) in [6.45, 7) is 1.98. The molecule has 0 spiro atoms. The van der Waals surface area contributed by atoms with Crippen molar-refractivity contribution in [3.05, 3.63) is 65.2 Å². The second-order valence-corrected chi connectivity index (χ2v) is 9.87. The fourth-order valence-electron chi connectivity index (χ4n) is 3.05. The molecule has 2 heterocycles. The normalized spacial score (nSPS) is 11.6. The molecule has 0 aliphatic carbocycles. The van der Waals surface area contributed by atoms with Gasteiger partial charge in [0.25, 0.3) is 5.91 Å². The zero-order valence-corrected chi connectivity index (χ0v) is 18.2. The molecule has 154 valence electrons. The van der Waals surface area contributed by atoms with E-state index in [0.29, 0.717) is 22.9 Å². The summed E-state index contributed by atoms with van der Waals surface area (Å²) < 4.78 is 31.9. The number of benzene rings is 2. The van der Waals surface area contributed by atoms with Gasteiger partial charge in [-0.2, -0.15) is 5.10 Å². The second kappa shape index (κ2) is 7.58. The van der Waals surface area contributed by atoms with E-state index in [4.69, 9.17) is 4.74 Å². The molecular formula is C21H19N3O4S2. The Morgan fingerprint density at radius 1 is 1.17 bits per heavy atom. The van der Waals surface area contributed by atoms with Gasteiger partial charge in [-0.25, -0.2) is 8.42 Å². The molecule has 4 aromatic rings. The van der Waals surface area contributed by atoms with Crippen LogP contribution < -0.4 is 10.1 Å². The number of nitrogens with one attached hydrogen (secondary N) is 1. The second-order valence-electron chi connectivity index (χ2n) is 6.94. The summed E-state index contributed by atoms with van der Waals surface area (Å²) in [5, 5.41) is 9.87. The van der Waals surface area contributed by atoms with Crippen LogP contribution in [0.2, 0.25) is 0 Å². The molecule has 1 amide bonds. The molecule has 0 saturated heterocycles. The molecular weight excluding hydrogens is 422 g/mol. The van der Waals surface area contributed by atoms with Gasteiger partial charge >= 0.3 is 0 Å². The predicted molar refractivity (Wildman–Crippen MR) is 117 cm³/mol. The van der Waals surface area contributed by atoms with Crippen LogP contribution >= 0.6 is 11.3 Å². The number of hydrogen-bond donors (Lipinski definition) is 1. The van der Waals surface area contributed by atoms with Gasteiger partial charge in [0.1, 0.15) is 11.5 Å². The van der Waals surface area contributed by atoms with Crippen molar-refractivity contribution in [1.82, 2.24) is 9.78 Å². The third-order valence-corrected chi connectivity index (χ3v) is 6.70. The van der Waals surface area contributed by atoms with Crippen LogP contribution in [0.5, 0.6) is 11.5 Å². The minimum atomic E-state index is -3.29. The van der Waals surface area contributed by atoms with E-state index < -0.39 is 9.84 Å². The van der Waals surface area contributed by atoms with Crippen molar-refractivity contribution in [2.75, 3.05) is 11.6 Å². The van der Waals surface area contributed by atoms with Crippen LogP contribution in [0.4, 0.5) is 5.82 Å². The molecule has 1 N–H and O–H groups in total. The number of nitrogens with zero attached hydrogens (tertiary/aromatic N) is 2. The van der Waals surface area contributed by atoms with Gasteiger partial charge in [-0.1, -0.05) is 0 Å². The highest BCUT2D eigenvalue weighted by Gasteiger charge is 2.16. The van der Waals surface area contributed by atoms with E-state index in [1.54, 1.807) is 42.2 Å². The maximum atomic E-state index is 12.8. The highest BCUT2D eigenvalue weighted by atomic mass is 32.2. The van der Waals surface area contributed by atoms with Crippen molar-refractivity contribution >= 4 is 43.0 Å². The Balaban J connectivity index is 1.69. The van der Waals surface area contributed by atoms with E-state index >= 15 is 0 Å². The van der Waals surface area contributed by atoms with Gasteiger partial charge in [0.15, 0.2) is 15.7 Å². The molecule has 2 aromatic heterocycles.